The van der Waals surface area contributed by atoms with E-state index in [4.69, 9.17) is 34.0 Å². The van der Waals surface area contributed by atoms with E-state index in [0.717, 1.165) is 11.1 Å². The minimum atomic E-state index is -0.837. The van der Waals surface area contributed by atoms with E-state index in [-0.39, 0.29) is 6.42 Å². The summed E-state index contributed by atoms with van der Waals surface area (Å²) in [6.45, 7) is 0.320. The number of hydrogen-bond acceptors (Lipinski definition) is 2. The first-order valence-electron chi connectivity index (χ1n) is 5.35. The Balaban J connectivity index is 2.39. The fraction of sp³-hybridized carbons (Fsp3) is 0.417. The van der Waals surface area contributed by atoms with Crippen LogP contribution in [0.1, 0.15) is 17.5 Å². The van der Waals surface area contributed by atoms with Crippen LogP contribution in [0.5, 0.6) is 0 Å². The molecule has 0 amide bonds. The summed E-state index contributed by atoms with van der Waals surface area (Å²) in [5, 5.41) is 10.3. The molecule has 0 saturated heterocycles. The summed E-state index contributed by atoms with van der Waals surface area (Å²) in [6.07, 6.45) is 1.22. The van der Waals surface area contributed by atoms with Gasteiger partial charge in [-0.15, -0.1) is 0 Å². The molecule has 0 fully saturated rings. The monoisotopic (exact) mass is 273 g/mol. The second-order valence-electron chi connectivity index (χ2n) is 4.61. The summed E-state index contributed by atoms with van der Waals surface area (Å²) in [5.41, 5.74) is 7.21. The highest BCUT2D eigenvalue weighted by atomic mass is 35.5. The highest BCUT2D eigenvalue weighted by Gasteiger charge is 2.40. The predicted molar refractivity (Wildman–Crippen MR) is 67.6 cm³/mol. The number of carbonyl (C=O) groups is 1. The average molecular weight is 274 g/mol. The zero-order valence-corrected chi connectivity index (χ0v) is 10.7. The lowest BCUT2D eigenvalue weighted by molar-refractivity contribution is -0.139. The van der Waals surface area contributed by atoms with Crippen LogP contribution in [-0.4, -0.2) is 17.6 Å². The second kappa shape index (κ2) is 4.48. The van der Waals surface area contributed by atoms with Gasteiger partial charge in [-0.25, -0.2) is 0 Å². The van der Waals surface area contributed by atoms with Crippen LogP contribution in [-0.2, 0) is 17.6 Å². The van der Waals surface area contributed by atoms with Crippen molar-refractivity contribution in [2.24, 2.45) is 11.1 Å². The van der Waals surface area contributed by atoms with Crippen LogP contribution in [0.3, 0.4) is 0 Å². The van der Waals surface area contributed by atoms with Gasteiger partial charge in [0, 0.05) is 15.5 Å². The Morgan fingerprint density at radius 1 is 1.29 bits per heavy atom. The van der Waals surface area contributed by atoms with Crippen LogP contribution in [0, 0.1) is 5.41 Å². The fourth-order valence-corrected chi connectivity index (χ4v) is 2.98. The molecule has 2 rings (SSSR count). The van der Waals surface area contributed by atoms with Gasteiger partial charge in [0.1, 0.15) is 0 Å². The van der Waals surface area contributed by atoms with Crippen molar-refractivity contribution in [1.29, 1.82) is 0 Å². The first-order chi connectivity index (χ1) is 7.97. The van der Waals surface area contributed by atoms with Crippen molar-refractivity contribution >= 4 is 29.2 Å². The normalized spacial score (nSPS) is 16.9. The Kier molecular flexibility index (Phi) is 3.34. The number of fused-ring (bicyclic) bond motifs is 1. The molecule has 1 aliphatic rings. The lowest BCUT2D eigenvalue weighted by atomic mass is 9.81. The summed E-state index contributed by atoms with van der Waals surface area (Å²) in [7, 11) is 0. The summed E-state index contributed by atoms with van der Waals surface area (Å²) >= 11 is 12.2. The van der Waals surface area contributed by atoms with E-state index >= 15 is 0 Å². The number of aliphatic carboxylic acids is 1. The lowest BCUT2D eigenvalue weighted by Crippen LogP contribution is -2.33. The van der Waals surface area contributed by atoms with Gasteiger partial charge in [0.05, 0.1) is 6.42 Å². The molecule has 3 N–H and O–H groups in total. The molecule has 0 aliphatic heterocycles. The standard InChI is InChI=1S/C12H13Cl2NO2/c13-9-1-2-10(14)8-4-12(6-15,3-7(8)9)5-11(16)17/h1-2H,3-6,15H2,(H,16,17). The van der Waals surface area contributed by atoms with E-state index in [2.05, 4.69) is 0 Å². The Hall–Kier alpha value is -0.770. The SMILES string of the molecule is NCC1(CC(=O)O)Cc2c(Cl)ccc(Cl)c2C1. The first kappa shape index (κ1) is 12.7. The number of nitrogens with two attached hydrogens (primary N) is 1. The van der Waals surface area contributed by atoms with E-state index in [1.54, 1.807) is 12.1 Å². The molecule has 0 bridgehead atoms. The van der Waals surface area contributed by atoms with Crippen molar-refractivity contribution in [2.45, 2.75) is 19.3 Å². The van der Waals surface area contributed by atoms with Gasteiger partial charge in [-0.05, 0) is 42.6 Å². The van der Waals surface area contributed by atoms with Gasteiger partial charge in [-0.1, -0.05) is 23.2 Å². The molecule has 0 radical (unpaired) electrons. The molecule has 0 atom stereocenters. The van der Waals surface area contributed by atoms with Gasteiger partial charge in [-0.2, -0.15) is 0 Å². The van der Waals surface area contributed by atoms with Gasteiger partial charge in [0.2, 0.25) is 0 Å². The van der Waals surface area contributed by atoms with Crippen LogP contribution >= 0.6 is 23.2 Å². The molecule has 0 saturated carbocycles. The van der Waals surface area contributed by atoms with Crippen LogP contribution in [0.15, 0.2) is 12.1 Å². The topological polar surface area (TPSA) is 63.3 Å². The van der Waals surface area contributed by atoms with Crippen LogP contribution in [0.2, 0.25) is 10.0 Å². The summed E-state index contributed by atoms with van der Waals surface area (Å²) < 4.78 is 0. The van der Waals surface area contributed by atoms with E-state index in [1.807, 2.05) is 0 Å². The molecule has 1 aliphatic carbocycles. The van der Waals surface area contributed by atoms with Crippen LogP contribution < -0.4 is 5.73 Å². The van der Waals surface area contributed by atoms with E-state index in [9.17, 15) is 4.79 Å². The van der Waals surface area contributed by atoms with Crippen LogP contribution in [0.25, 0.3) is 0 Å². The number of benzene rings is 1. The number of carboxylic acid groups (broad SMARTS) is 1. The third-order valence-corrected chi connectivity index (χ3v) is 4.09. The van der Waals surface area contributed by atoms with E-state index in [1.165, 1.54) is 0 Å². The third-order valence-electron chi connectivity index (χ3n) is 3.38. The zero-order chi connectivity index (χ0) is 12.6. The minimum absolute atomic E-state index is 0.0465. The van der Waals surface area contributed by atoms with Gasteiger partial charge >= 0.3 is 5.97 Å². The van der Waals surface area contributed by atoms with E-state index < -0.39 is 11.4 Å². The maximum absolute atomic E-state index is 10.9. The average Bonchev–Trinajstić information content (AvgIpc) is 2.64. The lowest BCUT2D eigenvalue weighted by Gasteiger charge is -2.24. The third kappa shape index (κ3) is 2.28. The largest absolute Gasteiger partial charge is 0.481 e. The molecule has 3 nitrogen and oxygen atoms in total. The number of carboxylic acids is 1. The smallest absolute Gasteiger partial charge is 0.303 e. The van der Waals surface area contributed by atoms with Crippen molar-refractivity contribution in [3.63, 3.8) is 0 Å². The number of rotatable bonds is 3. The Labute approximate surface area is 110 Å². The first-order valence-corrected chi connectivity index (χ1v) is 6.11. The molecule has 92 valence electrons. The quantitative estimate of drug-likeness (QED) is 0.890. The molecule has 0 spiro atoms. The Bertz CT molecular complexity index is 443. The van der Waals surface area contributed by atoms with Crippen molar-refractivity contribution in [3.8, 4) is 0 Å². The molecule has 0 heterocycles. The van der Waals surface area contributed by atoms with Crippen molar-refractivity contribution in [1.82, 2.24) is 0 Å². The van der Waals surface area contributed by atoms with Gasteiger partial charge < -0.3 is 10.8 Å². The predicted octanol–water partition coefficient (Wildman–Crippen LogP) is 2.51. The molecule has 17 heavy (non-hydrogen) atoms. The maximum Gasteiger partial charge on any atom is 0.303 e. The Morgan fingerprint density at radius 3 is 2.12 bits per heavy atom. The number of halogens is 2. The van der Waals surface area contributed by atoms with Crippen molar-refractivity contribution in [3.05, 3.63) is 33.3 Å². The molecule has 1 aromatic rings. The summed E-state index contributed by atoms with van der Waals surface area (Å²) in [5.74, 6) is -0.837. The highest BCUT2D eigenvalue weighted by Crippen LogP contribution is 2.44. The maximum atomic E-state index is 10.9. The molecular weight excluding hydrogens is 261 g/mol. The number of hydrogen-bond donors (Lipinski definition) is 2. The van der Waals surface area contributed by atoms with Crippen molar-refractivity contribution < 1.29 is 9.90 Å². The Morgan fingerprint density at radius 2 is 1.76 bits per heavy atom. The summed E-state index contributed by atoms with van der Waals surface area (Å²) in [4.78, 5) is 10.9. The summed E-state index contributed by atoms with van der Waals surface area (Å²) in [6, 6.07) is 3.49. The molecule has 0 unspecified atom stereocenters. The minimum Gasteiger partial charge on any atom is -0.481 e. The second-order valence-corrected chi connectivity index (χ2v) is 5.43. The molecule has 0 aromatic heterocycles. The van der Waals surface area contributed by atoms with Crippen LogP contribution in [0.4, 0.5) is 0 Å². The van der Waals surface area contributed by atoms with E-state index in [0.29, 0.717) is 29.4 Å². The van der Waals surface area contributed by atoms with Crippen molar-refractivity contribution in [2.75, 3.05) is 6.54 Å². The zero-order valence-electron chi connectivity index (χ0n) is 9.17. The molecular formula is C12H13Cl2NO2. The van der Waals surface area contributed by atoms with Gasteiger partial charge in [0.25, 0.3) is 0 Å². The van der Waals surface area contributed by atoms with Gasteiger partial charge in [-0.3, -0.25) is 4.79 Å². The fourth-order valence-electron chi connectivity index (χ4n) is 2.49. The molecule has 1 aromatic carbocycles. The highest BCUT2D eigenvalue weighted by molar-refractivity contribution is 6.34. The van der Waals surface area contributed by atoms with Gasteiger partial charge in [0.15, 0.2) is 0 Å². The molecule has 5 heteroatoms.